The van der Waals surface area contributed by atoms with Gasteiger partial charge in [0.1, 0.15) is 17.7 Å². The number of rotatable bonds is 11. The minimum atomic E-state index is -1.00. The van der Waals surface area contributed by atoms with Gasteiger partial charge in [-0.05, 0) is 71.9 Å². The zero-order valence-corrected chi connectivity index (χ0v) is 24.8. The van der Waals surface area contributed by atoms with Gasteiger partial charge < -0.3 is 25.0 Å². The molecule has 214 valence electrons. The van der Waals surface area contributed by atoms with Gasteiger partial charge >= 0.3 is 12.1 Å². The van der Waals surface area contributed by atoms with Crippen molar-refractivity contribution in [2.24, 2.45) is 5.92 Å². The number of ether oxygens (including phenoxy) is 2. The summed E-state index contributed by atoms with van der Waals surface area (Å²) in [6.45, 7) is 18.5. The number of carbonyl (C=O) groups excluding carboxylic acids is 4. The minimum Gasteiger partial charge on any atom is -0.466 e. The highest BCUT2D eigenvalue weighted by Crippen LogP contribution is 2.31. The van der Waals surface area contributed by atoms with Crippen LogP contribution in [0.2, 0.25) is 0 Å². The van der Waals surface area contributed by atoms with Crippen LogP contribution in [0.3, 0.4) is 0 Å². The van der Waals surface area contributed by atoms with Gasteiger partial charge in [0.15, 0.2) is 0 Å². The van der Waals surface area contributed by atoms with Crippen LogP contribution in [0, 0.1) is 5.92 Å². The van der Waals surface area contributed by atoms with Crippen LogP contribution in [-0.2, 0) is 30.3 Å². The van der Waals surface area contributed by atoms with E-state index in [0.717, 1.165) is 12.0 Å². The Bertz CT molecular complexity index is 945. The fraction of sp³-hybridized carbons (Fsp3) is 0.655. The van der Waals surface area contributed by atoms with Crippen molar-refractivity contribution in [1.29, 1.82) is 0 Å². The smallest absolute Gasteiger partial charge is 0.408 e. The van der Waals surface area contributed by atoms with E-state index >= 15 is 0 Å². The maximum absolute atomic E-state index is 14.1. The molecule has 38 heavy (non-hydrogen) atoms. The standard InChI is InChI=1S/C29H47N3O6/c1-11-20-13-15-21(16-14-20)24(25(34)30-18-17-22(33)37-12-2)32(28(5,6)7)26(35)23(19(3)4)31-27(36)38-29(8,9)10/h13-16,19,23-24H,11-12,17-18H2,1-10H3,(H,30,34)(H,31,36). The normalized spacial score (nSPS) is 13.3. The lowest BCUT2D eigenvalue weighted by Gasteiger charge is -2.43. The second-order valence-electron chi connectivity index (χ2n) is 11.6. The van der Waals surface area contributed by atoms with Crippen LogP contribution >= 0.6 is 0 Å². The molecule has 0 bridgehead atoms. The number of hydrogen-bond donors (Lipinski definition) is 2. The average Bonchev–Trinajstić information content (AvgIpc) is 2.78. The van der Waals surface area contributed by atoms with Crippen molar-refractivity contribution in [2.75, 3.05) is 13.2 Å². The van der Waals surface area contributed by atoms with Gasteiger partial charge in [0.25, 0.3) is 0 Å². The van der Waals surface area contributed by atoms with Crippen molar-refractivity contribution < 1.29 is 28.7 Å². The summed E-state index contributed by atoms with van der Waals surface area (Å²) >= 11 is 0. The first kappa shape index (κ1) is 32.9. The van der Waals surface area contributed by atoms with Gasteiger partial charge in [0, 0.05) is 12.1 Å². The Hall–Kier alpha value is -3.10. The number of hydrogen-bond acceptors (Lipinski definition) is 6. The molecule has 2 N–H and O–H groups in total. The third kappa shape index (κ3) is 10.3. The molecule has 9 nitrogen and oxygen atoms in total. The van der Waals surface area contributed by atoms with E-state index in [9.17, 15) is 19.2 Å². The van der Waals surface area contributed by atoms with E-state index in [2.05, 4.69) is 10.6 Å². The number of carbonyl (C=O) groups is 4. The molecule has 9 heteroatoms. The lowest BCUT2D eigenvalue weighted by Crippen LogP contribution is -2.59. The number of nitrogens with one attached hydrogen (secondary N) is 2. The summed E-state index contributed by atoms with van der Waals surface area (Å²) in [6.07, 6.45) is 0.133. The molecule has 0 aromatic heterocycles. The van der Waals surface area contributed by atoms with Gasteiger partial charge in [-0.15, -0.1) is 0 Å². The van der Waals surface area contributed by atoms with E-state index in [-0.39, 0.29) is 25.5 Å². The Labute approximate surface area is 228 Å². The summed E-state index contributed by atoms with van der Waals surface area (Å²) in [6, 6.07) is 5.60. The molecule has 1 rings (SSSR count). The van der Waals surface area contributed by atoms with E-state index < -0.39 is 47.1 Å². The summed E-state index contributed by atoms with van der Waals surface area (Å²) in [7, 11) is 0. The van der Waals surface area contributed by atoms with Gasteiger partial charge in [-0.25, -0.2) is 4.79 Å². The SMILES string of the molecule is CCOC(=O)CCNC(=O)C(c1ccc(CC)cc1)N(C(=O)C(NC(=O)OC(C)(C)C)C(C)C)C(C)(C)C. The van der Waals surface area contributed by atoms with Gasteiger partial charge in [-0.2, -0.15) is 0 Å². The van der Waals surface area contributed by atoms with E-state index in [0.29, 0.717) is 5.56 Å². The van der Waals surface area contributed by atoms with Crippen LogP contribution in [0.5, 0.6) is 0 Å². The van der Waals surface area contributed by atoms with Crippen molar-refractivity contribution in [3.8, 4) is 0 Å². The maximum atomic E-state index is 14.1. The first-order chi connectivity index (χ1) is 17.5. The van der Waals surface area contributed by atoms with E-state index in [1.165, 1.54) is 4.90 Å². The molecule has 1 aromatic carbocycles. The summed E-state index contributed by atoms with van der Waals surface area (Å²) < 4.78 is 10.4. The first-order valence-electron chi connectivity index (χ1n) is 13.4. The molecule has 3 amide bonds. The van der Waals surface area contributed by atoms with Crippen LogP contribution in [0.4, 0.5) is 4.79 Å². The fourth-order valence-corrected chi connectivity index (χ4v) is 3.91. The highest BCUT2D eigenvalue weighted by Gasteiger charge is 2.42. The Balaban J connectivity index is 3.47. The van der Waals surface area contributed by atoms with Crippen molar-refractivity contribution in [3.63, 3.8) is 0 Å². The van der Waals surface area contributed by atoms with E-state index in [1.807, 2.05) is 65.8 Å². The van der Waals surface area contributed by atoms with Gasteiger partial charge in [0.05, 0.1) is 13.0 Å². The second kappa shape index (κ2) is 14.2. The van der Waals surface area contributed by atoms with Crippen LogP contribution in [0.25, 0.3) is 0 Å². The van der Waals surface area contributed by atoms with Crippen molar-refractivity contribution in [3.05, 3.63) is 35.4 Å². The van der Waals surface area contributed by atoms with Gasteiger partial charge in [-0.3, -0.25) is 14.4 Å². The molecule has 0 saturated carbocycles. The number of amides is 3. The summed E-state index contributed by atoms with van der Waals surface area (Å²) in [4.78, 5) is 53.8. The molecule has 2 unspecified atom stereocenters. The molecule has 0 radical (unpaired) electrons. The number of nitrogens with zero attached hydrogens (tertiary/aromatic N) is 1. The number of esters is 1. The fourth-order valence-electron chi connectivity index (χ4n) is 3.91. The van der Waals surface area contributed by atoms with Crippen LogP contribution < -0.4 is 10.6 Å². The Kier molecular flexibility index (Phi) is 12.3. The zero-order valence-electron chi connectivity index (χ0n) is 24.8. The third-order valence-corrected chi connectivity index (χ3v) is 5.71. The van der Waals surface area contributed by atoms with Crippen molar-refractivity contribution in [2.45, 2.75) is 105 Å². The summed E-state index contributed by atoms with van der Waals surface area (Å²) in [5, 5.41) is 5.52. The predicted molar refractivity (Wildman–Crippen MR) is 147 cm³/mol. The minimum absolute atomic E-state index is 0.0132. The van der Waals surface area contributed by atoms with Crippen LogP contribution in [0.15, 0.2) is 24.3 Å². The van der Waals surface area contributed by atoms with Crippen molar-refractivity contribution >= 4 is 23.9 Å². The monoisotopic (exact) mass is 533 g/mol. The molecule has 0 fully saturated rings. The third-order valence-electron chi connectivity index (χ3n) is 5.71. The van der Waals surface area contributed by atoms with E-state index in [1.54, 1.807) is 27.7 Å². The lowest BCUT2D eigenvalue weighted by molar-refractivity contribution is -0.149. The van der Waals surface area contributed by atoms with Crippen molar-refractivity contribution in [1.82, 2.24) is 15.5 Å². The topological polar surface area (TPSA) is 114 Å². The average molecular weight is 534 g/mol. The predicted octanol–water partition coefficient (Wildman–Crippen LogP) is 4.54. The summed E-state index contributed by atoms with van der Waals surface area (Å²) in [5.74, 6) is -1.54. The second-order valence-corrected chi connectivity index (χ2v) is 11.6. The van der Waals surface area contributed by atoms with E-state index in [4.69, 9.17) is 9.47 Å². The molecule has 2 atom stereocenters. The Morgan fingerprint density at radius 3 is 1.97 bits per heavy atom. The quantitative estimate of drug-likeness (QED) is 0.404. The Morgan fingerprint density at radius 1 is 0.947 bits per heavy atom. The van der Waals surface area contributed by atoms with Crippen LogP contribution in [0.1, 0.15) is 92.8 Å². The molecule has 0 aliphatic rings. The number of alkyl carbamates (subject to hydrolysis) is 1. The molecule has 0 aliphatic heterocycles. The molecular weight excluding hydrogens is 486 g/mol. The summed E-state index contributed by atoms with van der Waals surface area (Å²) in [5.41, 5.74) is 0.182. The lowest BCUT2D eigenvalue weighted by atomic mass is 9.92. The van der Waals surface area contributed by atoms with Crippen LogP contribution in [-0.4, -0.2) is 59.1 Å². The highest BCUT2D eigenvalue weighted by atomic mass is 16.6. The molecule has 1 aromatic rings. The van der Waals surface area contributed by atoms with Gasteiger partial charge in [0.2, 0.25) is 11.8 Å². The zero-order chi connectivity index (χ0) is 29.3. The number of aryl methyl sites for hydroxylation is 1. The molecule has 0 saturated heterocycles. The highest BCUT2D eigenvalue weighted by molar-refractivity contribution is 5.93. The molecular formula is C29H47N3O6. The maximum Gasteiger partial charge on any atom is 0.408 e. The molecule has 0 aliphatic carbocycles. The molecule has 0 heterocycles. The Morgan fingerprint density at radius 2 is 1.53 bits per heavy atom. The number of benzene rings is 1. The largest absolute Gasteiger partial charge is 0.466 e. The molecule has 0 spiro atoms. The van der Waals surface area contributed by atoms with Gasteiger partial charge in [-0.1, -0.05) is 45.0 Å². The first-order valence-corrected chi connectivity index (χ1v) is 13.4.